The number of benzene rings is 1. The van der Waals surface area contributed by atoms with E-state index in [1.165, 1.54) is 11.3 Å². The molecule has 0 atom stereocenters. The molecule has 5 nitrogen and oxygen atoms in total. The van der Waals surface area contributed by atoms with Gasteiger partial charge in [0, 0.05) is 12.7 Å². The Hall–Kier alpha value is -2.15. The van der Waals surface area contributed by atoms with Gasteiger partial charge >= 0.3 is 0 Å². The average molecular weight is 393 g/mol. The Morgan fingerprint density at radius 1 is 1.16 bits per heavy atom. The number of aromatic nitrogens is 2. The first-order chi connectivity index (χ1) is 12.0. The highest BCUT2D eigenvalue weighted by atomic mass is 35.5. The number of hydrogen-bond acceptors (Lipinski definition) is 5. The summed E-state index contributed by atoms with van der Waals surface area (Å²) in [7, 11) is 0. The Labute approximate surface area is 158 Å². The second kappa shape index (κ2) is 7.82. The van der Waals surface area contributed by atoms with E-state index < -0.39 is 0 Å². The van der Waals surface area contributed by atoms with Crippen LogP contribution in [-0.2, 0) is 6.42 Å². The molecule has 128 valence electrons. The molecule has 0 radical (unpaired) electrons. The van der Waals surface area contributed by atoms with Gasteiger partial charge in [0.1, 0.15) is 0 Å². The third-order valence-corrected chi connectivity index (χ3v) is 5.29. The predicted molar refractivity (Wildman–Crippen MR) is 102 cm³/mol. The lowest BCUT2D eigenvalue weighted by Gasteiger charge is -2.05. The number of nitrogen functional groups attached to an aromatic ring is 1. The van der Waals surface area contributed by atoms with Crippen molar-refractivity contribution in [2.75, 3.05) is 12.3 Å². The first-order valence-corrected chi connectivity index (χ1v) is 9.01. The summed E-state index contributed by atoms with van der Waals surface area (Å²) in [6.45, 7) is 0.504. The molecule has 0 unspecified atom stereocenters. The topological polar surface area (TPSA) is 80.9 Å². The fourth-order valence-electron chi connectivity index (χ4n) is 2.21. The molecule has 2 heterocycles. The fraction of sp³-hybridized carbons (Fsp3) is 0.118. The van der Waals surface area contributed by atoms with E-state index in [9.17, 15) is 4.79 Å². The summed E-state index contributed by atoms with van der Waals surface area (Å²) >= 11 is 13.2. The number of amides is 1. The van der Waals surface area contributed by atoms with Crippen molar-refractivity contribution in [3.05, 3.63) is 63.1 Å². The van der Waals surface area contributed by atoms with Gasteiger partial charge in [0.2, 0.25) is 5.95 Å². The van der Waals surface area contributed by atoms with Gasteiger partial charge in [-0.1, -0.05) is 29.3 Å². The normalized spacial score (nSPS) is 10.6. The zero-order chi connectivity index (χ0) is 17.8. The Kier molecular flexibility index (Phi) is 5.53. The zero-order valence-electron chi connectivity index (χ0n) is 13.0. The number of carbonyl (C=O) groups excluding carboxylic acids is 1. The molecule has 0 spiro atoms. The predicted octanol–water partition coefficient (Wildman–Crippen LogP) is 4.07. The van der Waals surface area contributed by atoms with Crippen LogP contribution in [0, 0.1) is 0 Å². The number of carbonyl (C=O) groups is 1. The third kappa shape index (κ3) is 4.48. The van der Waals surface area contributed by atoms with Crippen LogP contribution < -0.4 is 11.1 Å². The van der Waals surface area contributed by atoms with Crippen LogP contribution in [0.15, 0.2) is 42.6 Å². The molecule has 0 aliphatic heterocycles. The van der Waals surface area contributed by atoms with Gasteiger partial charge in [0.25, 0.3) is 5.91 Å². The van der Waals surface area contributed by atoms with Crippen LogP contribution in [0.3, 0.4) is 0 Å². The van der Waals surface area contributed by atoms with Crippen molar-refractivity contribution in [2.24, 2.45) is 0 Å². The molecular weight excluding hydrogens is 379 g/mol. The maximum absolute atomic E-state index is 12.3. The van der Waals surface area contributed by atoms with Crippen molar-refractivity contribution in [3.63, 3.8) is 0 Å². The largest absolute Gasteiger partial charge is 0.368 e. The summed E-state index contributed by atoms with van der Waals surface area (Å²) in [5.41, 5.74) is 7.30. The van der Waals surface area contributed by atoms with Gasteiger partial charge in [0.15, 0.2) is 0 Å². The molecule has 3 aromatic rings. The standard InChI is InChI=1S/C17H14Cl2N4OS/c18-11-2-1-10(9-12(11)19)5-7-21-16(24)15-4-3-14(25-15)13-6-8-22-17(20)23-13/h1-4,6,8-9H,5,7H2,(H,21,24)(H2,20,22,23). The van der Waals surface area contributed by atoms with E-state index in [1.54, 1.807) is 30.5 Å². The van der Waals surface area contributed by atoms with Crippen molar-refractivity contribution in [3.8, 4) is 10.6 Å². The molecule has 0 aliphatic carbocycles. The number of nitrogens with zero attached hydrogens (tertiary/aromatic N) is 2. The van der Waals surface area contributed by atoms with E-state index in [2.05, 4.69) is 15.3 Å². The maximum Gasteiger partial charge on any atom is 0.261 e. The fourth-order valence-corrected chi connectivity index (χ4v) is 3.42. The highest BCUT2D eigenvalue weighted by Crippen LogP contribution is 2.26. The summed E-state index contributed by atoms with van der Waals surface area (Å²) in [4.78, 5) is 21.8. The molecule has 0 bridgehead atoms. The van der Waals surface area contributed by atoms with Crippen molar-refractivity contribution in [2.45, 2.75) is 6.42 Å². The van der Waals surface area contributed by atoms with Gasteiger partial charge < -0.3 is 11.1 Å². The molecular formula is C17H14Cl2N4OS. The van der Waals surface area contributed by atoms with Crippen molar-refractivity contribution in [1.82, 2.24) is 15.3 Å². The first-order valence-electron chi connectivity index (χ1n) is 7.44. The minimum Gasteiger partial charge on any atom is -0.368 e. The number of hydrogen-bond donors (Lipinski definition) is 2. The number of anilines is 1. The van der Waals surface area contributed by atoms with E-state index >= 15 is 0 Å². The number of nitrogens with one attached hydrogen (secondary N) is 1. The molecule has 2 aromatic heterocycles. The van der Waals surface area contributed by atoms with E-state index in [-0.39, 0.29) is 11.9 Å². The van der Waals surface area contributed by atoms with E-state index in [0.717, 1.165) is 10.4 Å². The van der Waals surface area contributed by atoms with Crippen LogP contribution in [-0.4, -0.2) is 22.4 Å². The van der Waals surface area contributed by atoms with Gasteiger partial charge in [-0.05, 0) is 42.3 Å². The van der Waals surface area contributed by atoms with Crippen LogP contribution in [0.2, 0.25) is 10.0 Å². The molecule has 25 heavy (non-hydrogen) atoms. The molecule has 3 N–H and O–H groups in total. The Balaban J connectivity index is 1.59. The van der Waals surface area contributed by atoms with Gasteiger partial charge in [-0.25, -0.2) is 9.97 Å². The van der Waals surface area contributed by atoms with Gasteiger partial charge in [-0.15, -0.1) is 11.3 Å². The van der Waals surface area contributed by atoms with E-state index in [1.807, 2.05) is 12.1 Å². The number of rotatable bonds is 5. The van der Waals surface area contributed by atoms with Crippen LogP contribution in [0.4, 0.5) is 5.95 Å². The molecule has 1 amide bonds. The summed E-state index contributed by atoms with van der Waals surface area (Å²) in [5, 5.41) is 3.93. The lowest BCUT2D eigenvalue weighted by molar-refractivity contribution is 0.0958. The Bertz CT molecular complexity index is 913. The minimum atomic E-state index is -0.127. The number of halogens is 2. The smallest absolute Gasteiger partial charge is 0.261 e. The molecule has 1 aromatic carbocycles. The van der Waals surface area contributed by atoms with Crippen LogP contribution in [0.1, 0.15) is 15.2 Å². The second-order valence-corrected chi connectivity index (χ2v) is 7.12. The molecule has 0 fully saturated rings. The molecule has 0 aliphatic rings. The van der Waals surface area contributed by atoms with E-state index in [4.69, 9.17) is 28.9 Å². The lowest BCUT2D eigenvalue weighted by atomic mass is 10.1. The molecule has 3 rings (SSSR count). The SMILES string of the molecule is Nc1nccc(-c2ccc(C(=O)NCCc3ccc(Cl)c(Cl)c3)s2)n1. The summed E-state index contributed by atoms with van der Waals surface area (Å²) in [5.74, 6) is 0.0804. The van der Waals surface area contributed by atoms with Crippen molar-refractivity contribution >= 4 is 46.4 Å². The summed E-state index contributed by atoms with van der Waals surface area (Å²) in [6.07, 6.45) is 2.26. The second-order valence-electron chi connectivity index (χ2n) is 5.22. The summed E-state index contributed by atoms with van der Waals surface area (Å²) < 4.78 is 0. The minimum absolute atomic E-state index is 0.127. The Morgan fingerprint density at radius 3 is 2.76 bits per heavy atom. The highest BCUT2D eigenvalue weighted by molar-refractivity contribution is 7.17. The maximum atomic E-state index is 12.3. The van der Waals surface area contributed by atoms with Crippen molar-refractivity contribution in [1.29, 1.82) is 0 Å². The third-order valence-electron chi connectivity index (χ3n) is 3.44. The molecule has 0 saturated carbocycles. The van der Waals surface area contributed by atoms with Crippen molar-refractivity contribution < 1.29 is 4.79 Å². The van der Waals surface area contributed by atoms with Gasteiger partial charge in [-0.3, -0.25) is 4.79 Å². The van der Waals surface area contributed by atoms with Gasteiger partial charge in [-0.2, -0.15) is 0 Å². The first kappa shape index (κ1) is 17.7. The average Bonchev–Trinajstić information content (AvgIpc) is 3.08. The van der Waals surface area contributed by atoms with Crippen LogP contribution in [0.5, 0.6) is 0 Å². The van der Waals surface area contributed by atoms with Crippen LogP contribution >= 0.6 is 34.5 Å². The highest BCUT2D eigenvalue weighted by Gasteiger charge is 2.11. The van der Waals surface area contributed by atoms with Gasteiger partial charge in [0.05, 0.1) is 25.5 Å². The van der Waals surface area contributed by atoms with Crippen LogP contribution in [0.25, 0.3) is 10.6 Å². The van der Waals surface area contributed by atoms with E-state index in [0.29, 0.717) is 33.6 Å². The number of thiophene rings is 1. The number of nitrogens with two attached hydrogens (primary N) is 1. The Morgan fingerprint density at radius 2 is 2.00 bits per heavy atom. The summed E-state index contributed by atoms with van der Waals surface area (Å²) in [6, 6.07) is 10.8. The zero-order valence-corrected chi connectivity index (χ0v) is 15.3. The molecule has 8 heteroatoms. The lowest BCUT2D eigenvalue weighted by Crippen LogP contribution is -2.24. The monoisotopic (exact) mass is 392 g/mol. The molecule has 0 saturated heterocycles. The quantitative estimate of drug-likeness (QED) is 0.685.